The molecule has 0 radical (unpaired) electrons. The predicted molar refractivity (Wildman–Crippen MR) is 44.7 cm³/mol. The van der Waals surface area contributed by atoms with Crippen molar-refractivity contribution in [2.24, 2.45) is 4.99 Å². The molecule has 0 unspecified atom stereocenters. The Morgan fingerprint density at radius 3 is 2.60 bits per heavy atom. The summed E-state index contributed by atoms with van der Waals surface area (Å²) in [6.45, 7) is 7.08. The molecule has 3 heteroatoms. The zero-order valence-electron chi connectivity index (χ0n) is 6.46. The zero-order valence-corrected chi connectivity index (χ0v) is 6.46. The van der Waals surface area contributed by atoms with Crippen molar-refractivity contribution in [2.75, 3.05) is 14.1 Å². The third-order valence-corrected chi connectivity index (χ3v) is 0.713. The number of aliphatic imine (C=N–C) groups is 1. The number of hydrogen-bond acceptors (Lipinski definition) is 2. The number of nitrogens with zero attached hydrogens (tertiary/aromatic N) is 2. The molecule has 0 saturated heterocycles. The van der Waals surface area contributed by atoms with Crippen LogP contribution in [0.2, 0.25) is 0 Å². The van der Waals surface area contributed by atoms with E-state index in [1.165, 1.54) is 6.20 Å². The molecule has 1 N–H and O–H groups in total. The minimum atomic E-state index is 0.587. The summed E-state index contributed by atoms with van der Waals surface area (Å²) in [6.07, 6.45) is 3.20. The van der Waals surface area contributed by atoms with Crippen molar-refractivity contribution in [3.05, 3.63) is 25.2 Å². The molecule has 0 aliphatic heterocycles. The van der Waals surface area contributed by atoms with Gasteiger partial charge in [0.05, 0.1) is 6.34 Å². The van der Waals surface area contributed by atoms with Crippen LogP contribution >= 0.6 is 0 Å². The van der Waals surface area contributed by atoms with E-state index in [1.54, 1.807) is 6.34 Å². The molecule has 0 aromatic rings. The van der Waals surface area contributed by atoms with Crippen LogP contribution in [0.4, 0.5) is 0 Å². The number of rotatable bonds is 4. The summed E-state index contributed by atoms with van der Waals surface area (Å²) >= 11 is 0. The van der Waals surface area contributed by atoms with Crippen molar-refractivity contribution < 1.29 is 0 Å². The Morgan fingerprint density at radius 1 is 1.60 bits per heavy atom. The lowest BCUT2D eigenvalue weighted by Crippen LogP contribution is -2.09. The Bertz CT molecular complexity index is 147. The van der Waals surface area contributed by atoms with Gasteiger partial charge in [0.1, 0.15) is 5.82 Å². The zero-order chi connectivity index (χ0) is 7.98. The summed E-state index contributed by atoms with van der Waals surface area (Å²) in [5, 5.41) is 2.75. The normalized spacial score (nSPS) is 9.40. The van der Waals surface area contributed by atoms with Gasteiger partial charge in [0.2, 0.25) is 0 Å². The highest BCUT2D eigenvalue weighted by molar-refractivity contribution is 5.55. The number of hydrogen-bond donors (Lipinski definition) is 1. The highest BCUT2D eigenvalue weighted by Crippen LogP contribution is 1.83. The summed E-state index contributed by atoms with van der Waals surface area (Å²) in [6, 6.07) is 0. The third kappa shape index (κ3) is 4.90. The smallest absolute Gasteiger partial charge is 0.124 e. The van der Waals surface area contributed by atoms with Crippen LogP contribution < -0.4 is 5.32 Å². The molecule has 0 heterocycles. The van der Waals surface area contributed by atoms with E-state index in [0.29, 0.717) is 5.82 Å². The summed E-state index contributed by atoms with van der Waals surface area (Å²) < 4.78 is 0. The van der Waals surface area contributed by atoms with E-state index >= 15 is 0 Å². The van der Waals surface area contributed by atoms with Crippen LogP contribution in [-0.4, -0.2) is 25.3 Å². The van der Waals surface area contributed by atoms with Crippen LogP contribution in [0.3, 0.4) is 0 Å². The summed E-state index contributed by atoms with van der Waals surface area (Å²) in [5.41, 5.74) is 0. The Kier molecular flexibility index (Phi) is 4.04. The van der Waals surface area contributed by atoms with Crippen LogP contribution in [0, 0.1) is 0 Å². The summed E-state index contributed by atoms with van der Waals surface area (Å²) in [5.74, 6) is 0.587. The van der Waals surface area contributed by atoms with Crippen LogP contribution in [-0.2, 0) is 0 Å². The van der Waals surface area contributed by atoms with Crippen molar-refractivity contribution in [3.63, 3.8) is 0 Å². The molecule has 0 rings (SSSR count). The Hall–Kier alpha value is -1.25. The molecular weight excluding hydrogens is 126 g/mol. The molecule has 0 amide bonds. The van der Waals surface area contributed by atoms with Gasteiger partial charge in [-0.05, 0) is 6.20 Å². The second-order valence-electron chi connectivity index (χ2n) is 2.00. The van der Waals surface area contributed by atoms with Gasteiger partial charge in [0.25, 0.3) is 0 Å². The first-order valence-corrected chi connectivity index (χ1v) is 2.93. The Labute approximate surface area is 61.8 Å². The summed E-state index contributed by atoms with van der Waals surface area (Å²) in [7, 11) is 3.79. The van der Waals surface area contributed by atoms with Gasteiger partial charge >= 0.3 is 0 Å². The Morgan fingerprint density at radius 2 is 2.20 bits per heavy atom. The van der Waals surface area contributed by atoms with Gasteiger partial charge in [-0.15, -0.1) is 0 Å². The third-order valence-electron chi connectivity index (χ3n) is 0.713. The van der Waals surface area contributed by atoms with Crippen LogP contribution in [0.5, 0.6) is 0 Å². The van der Waals surface area contributed by atoms with Crippen molar-refractivity contribution >= 4 is 6.34 Å². The molecule has 0 saturated carbocycles. The molecule has 0 bridgehead atoms. The lowest BCUT2D eigenvalue weighted by molar-refractivity contribution is 0.641. The molecule has 0 atom stereocenters. The van der Waals surface area contributed by atoms with Crippen molar-refractivity contribution in [1.82, 2.24) is 10.2 Å². The van der Waals surface area contributed by atoms with E-state index in [2.05, 4.69) is 23.5 Å². The Balaban J connectivity index is 3.66. The standard InChI is InChI=1S/C7H13N3/c1-5-8-7(2)9-6-10(3)4/h5-6,8H,1-2H2,3-4H3. The lowest BCUT2D eigenvalue weighted by atomic mass is 10.7. The predicted octanol–water partition coefficient (Wildman–Crippen LogP) is 0.781. The quantitative estimate of drug-likeness (QED) is 0.460. The molecule has 0 aliphatic carbocycles. The van der Waals surface area contributed by atoms with Gasteiger partial charge in [0.15, 0.2) is 0 Å². The average molecular weight is 139 g/mol. The molecule has 0 aliphatic rings. The first kappa shape index (κ1) is 8.75. The second-order valence-corrected chi connectivity index (χ2v) is 2.00. The van der Waals surface area contributed by atoms with Crippen molar-refractivity contribution in [1.29, 1.82) is 0 Å². The minimum Gasteiger partial charge on any atom is -0.369 e. The molecule has 3 nitrogen and oxygen atoms in total. The van der Waals surface area contributed by atoms with E-state index in [4.69, 9.17) is 0 Å². The van der Waals surface area contributed by atoms with Gasteiger partial charge < -0.3 is 10.2 Å². The lowest BCUT2D eigenvalue weighted by Gasteiger charge is -2.02. The molecular formula is C7H13N3. The largest absolute Gasteiger partial charge is 0.369 e. The molecule has 0 aromatic carbocycles. The van der Waals surface area contributed by atoms with Gasteiger partial charge in [-0.3, -0.25) is 0 Å². The highest BCUT2D eigenvalue weighted by atomic mass is 15.1. The fourth-order valence-corrected chi connectivity index (χ4v) is 0.340. The molecule has 10 heavy (non-hydrogen) atoms. The second kappa shape index (κ2) is 4.61. The average Bonchev–Trinajstić information content (AvgIpc) is 1.85. The topological polar surface area (TPSA) is 27.6 Å². The van der Waals surface area contributed by atoms with Crippen LogP contribution in [0.15, 0.2) is 30.2 Å². The van der Waals surface area contributed by atoms with Gasteiger partial charge in [-0.2, -0.15) is 0 Å². The van der Waals surface area contributed by atoms with E-state index in [0.717, 1.165) is 0 Å². The maximum absolute atomic E-state index is 3.94. The fraction of sp³-hybridized carbons (Fsp3) is 0.286. The summed E-state index contributed by atoms with van der Waals surface area (Å²) in [4.78, 5) is 5.77. The molecule has 0 fully saturated rings. The van der Waals surface area contributed by atoms with Gasteiger partial charge in [-0.1, -0.05) is 13.2 Å². The SMILES string of the molecule is C=CNC(=C)N=CN(C)C. The number of nitrogens with one attached hydrogen (secondary N) is 1. The maximum atomic E-state index is 3.94. The van der Waals surface area contributed by atoms with Crippen LogP contribution in [0.25, 0.3) is 0 Å². The monoisotopic (exact) mass is 139 g/mol. The first-order valence-electron chi connectivity index (χ1n) is 2.93. The molecule has 0 aromatic heterocycles. The van der Waals surface area contributed by atoms with E-state index in [9.17, 15) is 0 Å². The van der Waals surface area contributed by atoms with Crippen molar-refractivity contribution in [2.45, 2.75) is 0 Å². The van der Waals surface area contributed by atoms with E-state index in [-0.39, 0.29) is 0 Å². The van der Waals surface area contributed by atoms with Gasteiger partial charge in [0, 0.05) is 14.1 Å². The van der Waals surface area contributed by atoms with Crippen LogP contribution in [0.1, 0.15) is 0 Å². The maximum Gasteiger partial charge on any atom is 0.124 e. The molecule has 56 valence electrons. The minimum absolute atomic E-state index is 0.587. The van der Waals surface area contributed by atoms with E-state index in [1.807, 2.05) is 19.0 Å². The highest BCUT2D eigenvalue weighted by Gasteiger charge is 1.80. The first-order chi connectivity index (χ1) is 4.66. The van der Waals surface area contributed by atoms with Gasteiger partial charge in [-0.25, -0.2) is 4.99 Å². The molecule has 0 spiro atoms. The van der Waals surface area contributed by atoms with E-state index < -0.39 is 0 Å². The van der Waals surface area contributed by atoms with Crippen molar-refractivity contribution in [3.8, 4) is 0 Å². The fourth-order valence-electron chi connectivity index (χ4n) is 0.340.